The molecule has 0 aromatic carbocycles. The van der Waals surface area contributed by atoms with E-state index >= 15 is 0 Å². The molecule has 1 aromatic heterocycles. The van der Waals surface area contributed by atoms with Crippen molar-refractivity contribution in [2.75, 3.05) is 0 Å². The van der Waals surface area contributed by atoms with Crippen LogP contribution in [0.2, 0.25) is 0 Å². The van der Waals surface area contributed by atoms with Gasteiger partial charge >= 0.3 is 6.18 Å². The lowest BCUT2D eigenvalue weighted by Crippen LogP contribution is -2.17. The number of nitrogens with zero attached hydrogens (tertiary/aromatic N) is 1. The number of H-pyrrole nitrogens is 1. The Hall–Kier alpha value is -1.20. The van der Waals surface area contributed by atoms with Crippen molar-refractivity contribution in [3.8, 4) is 0 Å². The predicted molar refractivity (Wildman–Crippen MR) is 45.1 cm³/mol. The molecule has 1 aromatic rings. The summed E-state index contributed by atoms with van der Waals surface area (Å²) in [5, 5.41) is 2.07. The van der Waals surface area contributed by atoms with Crippen molar-refractivity contribution in [1.82, 2.24) is 9.78 Å². The van der Waals surface area contributed by atoms with Crippen molar-refractivity contribution >= 4 is 0 Å². The van der Waals surface area contributed by atoms with Gasteiger partial charge in [-0.05, 0) is 13.3 Å². The number of rotatable bonds is 2. The molecule has 80 valence electrons. The topological polar surface area (TPSA) is 37.8 Å². The molecule has 0 amide bonds. The highest BCUT2D eigenvalue weighted by atomic mass is 19.4. The van der Waals surface area contributed by atoms with Gasteiger partial charge in [-0.15, -0.1) is 0 Å². The van der Waals surface area contributed by atoms with Gasteiger partial charge in [-0.3, -0.25) is 14.6 Å². The molecule has 0 aliphatic rings. The Bertz CT molecular complexity index is 375. The van der Waals surface area contributed by atoms with Gasteiger partial charge in [0.2, 0.25) is 0 Å². The van der Waals surface area contributed by atoms with Crippen molar-refractivity contribution in [2.24, 2.45) is 0 Å². The number of halogens is 3. The minimum Gasteiger partial charge on any atom is -0.291 e. The molecule has 1 N–H and O–H groups in total. The Morgan fingerprint density at radius 1 is 1.43 bits per heavy atom. The lowest BCUT2D eigenvalue weighted by Gasteiger charge is -2.03. The normalized spacial score (nSPS) is 12.1. The number of alkyl halides is 3. The van der Waals surface area contributed by atoms with Gasteiger partial charge in [0.1, 0.15) is 5.69 Å². The standard InChI is InChI=1S/C8H11F3N2O/c1-3-4-13-7(14)5(2)6(12-13)8(9,10)11/h12H,3-4H2,1-2H3. The van der Waals surface area contributed by atoms with Crippen LogP contribution in [0.1, 0.15) is 24.6 Å². The van der Waals surface area contributed by atoms with Crippen LogP contribution < -0.4 is 5.56 Å². The zero-order valence-corrected chi connectivity index (χ0v) is 7.90. The second-order valence-corrected chi connectivity index (χ2v) is 3.07. The minimum absolute atomic E-state index is 0.272. The molecule has 0 atom stereocenters. The van der Waals surface area contributed by atoms with E-state index in [1.807, 2.05) is 0 Å². The molecule has 0 aliphatic carbocycles. The molecule has 0 radical (unpaired) electrons. The minimum atomic E-state index is -4.48. The first-order chi connectivity index (χ1) is 6.38. The molecule has 1 rings (SSSR count). The summed E-state index contributed by atoms with van der Waals surface area (Å²) >= 11 is 0. The molecule has 0 saturated carbocycles. The number of hydrogen-bond acceptors (Lipinski definition) is 1. The first kappa shape index (κ1) is 10.9. The average molecular weight is 208 g/mol. The molecular formula is C8H11F3N2O. The summed E-state index contributed by atoms with van der Waals surface area (Å²) in [6.07, 6.45) is -3.88. The molecule has 3 nitrogen and oxygen atoms in total. The summed E-state index contributed by atoms with van der Waals surface area (Å²) in [7, 11) is 0. The van der Waals surface area contributed by atoms with Crippen LogP contribution in [0.3, 0.4) is 0 Å². The third-order valence-corrected chi connectivity index (χ3v) is 1.92. The fourth-order valence-electron chi connectivity index (χ4n) is 1.24. The van der Waals surface area contributed by atoms with Gasteiger partial charge in [-0.25, -0.2) is 0 Å². The van der Waals surface area contributed by atoms with Crippen molar-refractivity contribution < 1.29 is 13.2 Å². The SMILES string of the molecule is CCCn1[nH]c(C(F)(F)F)c(C)c1=O. The van der Waals surface area contributed by atoms with Crippen LogP contribution in [0, 0.1) is 6.92 Å². The average Bonchev–Trinajstić information content (AvgIpc) is 2.32. The van der Waals surface area contributed by atoms with Gasteiger partial charge in [0, 0.05) is 12.1 Å². The van der Waals surface area contributed by atoms with Crippen LogP contribution in [0.5, 0.6) is 0 Å². The Kier molecular flexibility index (Phi) is 2.73. The highest BCUT2D eigenvalue weighted by Gasteiger charge is 2.36. The molecule has 0 fully saturated rings. The molecule has 0 aliphatic heterocycles. The van der Waals surface area contributed by atoms with Crippen LogP contribution in [0.25, 0.3) is 0 Å². The van der Waals surface area contributed by atoms with E-state index in [0.717, 1.165) is 4.68 Å². The van der Waals surface area contributed by atoms with Gasteiger partial charge in [0.05, 0.1) is 0 Å². The van der Waals surface area contributed by atoms with Crippen molar-refractivity contribution in [2.45, 2.75) is 33.0 Å². The van der Waals surface area contributed by atoms with E-state index in [9.17, 15) is 18.0 Å². The summed E-state index contributed by atoms with van der Waals surface area (Å²) in [6, 6.07) is 0. The zero-order valence-electron chi connectivity index (χ0n) is 7.90. The van der Waals surface area contributed by atoms with E-state index in [-0.39, 0.29) is 12.1 Å². The molecular weight excluding hydrogens is 197 g/mol. The van der Waals surface area contributed by atoms with Gasteiger partial charge in [-0.1, -0.05) is 6.92 Å². The van der Waals surface area contributed by atoms with Gasteiger partial charge in [0.15, 0.2) is 0 Å². The number of hydrogen-bond donors (Lipinski definition) is 1. The fraction of sp³-hybridized carbons (Fsp3) is 0.625. The lowest BCUT2D eigenvalue weighted by molar-refractivity contribution is -0.141. The molecule has 0 bridgehead atoms. The quantitative estimate of drug-likeness (QED) is 0.792. The van der Waals surface area contributed by atoms with Crippen LogP contribution in [-0.4, -0.2) is 9.78 Å². The van der Waals surface area contributed by atoms with Crippen LogP contribution in [0.15, 0.2) is 4.79 Å². The largest absolute Gasteiger partial charge is 0.433 e. The third kappa shape index (κ3) is 1.83. The Labute approximate surface area is 78.5 Å². The first-order valence-corrected chi connectivity index (χ1v) is 4.24. The van der Waals surface area contributed by atoms with Gasteiger partial charge < -0.3 is 0 Å². The Morgan fingerprint density at radius 2 is 2.00 bits per heavy atom. The highest BCUT2D eigenvalue weighted by molar-refractivity contribution is 5.18. The lowest BCUT2D eigenvalue weighted by atomic mass is 10.3. The van der Waals surface area contributed by atoms with Crippen LogP contribution in [-0.2, 0) is 12.7 Å². The first-order valence-electron chi connectivity index (χ1n) is 4.24. The molecule has 6 heteroatoms. The molecule has 0 spiro atoms. The summed E-state index contributed by atoms with van der Waals surface area (Å²) < 4.78 is 37.9. The summed E-state index contributed by atoms with van der Waals surface area (Å²) in [5.74, 6) is 0. The van der Waals surface area contributed by atoms with E-state index in [4.69, 9.17) is 0 Å². The maximum Gasteiger partial charge on any atom is 0.433 e. The second kappa shape index (κ2) is 3.51. The van der Waals surface area contributed by atoms with Crippen LogP contribution in [0.4, 0.5) is 13.2 Å². The maximum atomic E-state index is 12.3. The molecule has 1 heterocycles. The Morgan fingerprint density at radius 3 is 2.36 bits per heavy atom. The van der Waals surface area contributed by atoms with E-state index in [2.05, 4.69) is 5.10 Å². The monoisotopic (exact) mass is 208 g/mol. The summed E-state index contributed by atoms with van der Waals surface area (Å²) in [6.45, 7) is 3.24. The zero-order chi connectivity index (χ0) is 10.9. The maximum absolute atomic E-state index is 12.3. The summed E-state index contributed by atoms with van der Waals surface area (Å²) in [5.41, 5.74) is -1.82. The second-order valence-electron chi connectivity index (χ2n) is 3.07. The third-order valence-electron chi connectivity index (χ3n) is 1.92. The smallest absolute Gasteiger partial charge is 0.291 e. The van der Waals surface area contributed by atoms with Crippen molar-refractivity contribution in [3.05, 3.63) is 21.6 Å². The van der Waals surface area contributed by atoms with Crippen molar-refractivity contribution in [3.63, 3.8) is 0 Å². The molecule has 0 unspecified atom stereocenters. The number of aryl methyl sites for hydroxylation is 1. The Balaban J connectivity index is 3.22. The van der Waals surface area contributed by atoms with Gasteiger partial charge in [-0.2, -0.15) is 13.2 Å². The van der Waals surface area contributed by atoms with E-state index < -0.39 is 17.4 Å². The van der Waals surface area contributed by atoms with Gasteiger partial charge in [0.25, 0.3) is 5.56 Å². The fourth-order valence-corrected chi connectivity index (χ4v) is 1.24. The molecule has 0 saturated heterocycles. The van der Waals surface area contributed by atoms with E-state index in [0.29, 0.717) is 6.42 Å². The molecule has 14 heavy (non-hydrogen) atoms. The van der Waals surface area contributed by atoms with E-state index in [1.165, 1.54) is 6.92 Å². The van der Waals surface area contributed by atoms with Crippen molar-refractivity contribution in [1.29, 1.82) is 0 Å². The summed E-state index contributed by atoms with van der Waals surface area (Å²) in [4.78, 5) is 11.3. The number of aromatic amines is 1. The van der Waals surface area contributed by atoms with Crippen LogP contribution >= 0.6 is 0 Å². The number of nitrogens with one attached hydrogen (secondary N) is 1. The predicted octanol–water partition coefficient (Wildman–Crippen LogP) is 1.91. The van der Waals surface area contributed by atoms with E-state index in [1.54, 1.807) is 6.92 Å². The highest BCUT2D eigenvalue weighted by Crippen LogP contribution is 2.28. The number of aromatic nitrogens is 2.